The van der Waals surface area contributed by atoms with Crippen LogP contribution in [-0.2, 0) is 9.59 Å². The third kappa shape index (κ3) is 6.94. The van der Waals surface area contributed by atoms with Gasteiger partial charge in [-0.1, -0.05) is 26.7 Å². The van der Waals surface area contributed by atoms with Crippen LogP contribution in [-0.4, -0.2) is 42.9 Å². The SMILES string of the molecule is CCCC[C@H](N)C(=O)N(C)CC(=O)NCCC. The molecule has 5 heteroatoms. The van der Waals surface area contributed by atoms with Crippen molar-refractivity contribution in [2.45, 2.75) is 45.6 Å². The molecule has 3 N–H and O–H groups in total. The first-order valence-corrected chi connectivity index (χ1v) is 6.30. The highest BCUT2D eigenvalue weighted by Crippen LogP contribution is 2.01. The van der Waals surface area contributed by atoms with E-state index in [-0.39, 0.29) is 18.4 Å². The molecule has 0 radical (unpaired) electrons. The van der Waals surface area contributed by atoms with Gasteiger partial charge in [0.1, 0.15) is 0 Å². The number of hydrogen-bond acceptors (Lipinski definition) is 3. The van der Waals surface area contributed by atoms with Crippen molar-refractivity contribution in [3.8, 4) is 0 Å². The number of carbonyl (C=O) groups is 2. The quantitative estimate of drug-likeness (QED) is 0.651. The van der Waals surface area contributed by atoms with Crippen LogP contribution in [0.2, 0.25) is 0 Å². The topological polar surface area (TPSA) is 75.4 Å². The second kappa shape index (κ2) is 8.98. The van der Waals surface area contributed by atoms with Gasteiger partial charge in [-0.25, -0.2) is 0 Å². The summed E-state index contributed by atoms with van der Waals surface area (Å²) in [4.78, 5) is 24.6. The van der Waals surface area contributed by atoms with Crippen LogP contribution in [0.3, 0.4) is 0 Å². The second-order valence-corrected chi connectivity index (χ2v) is 4.29. The van der Waals surface area contributed by atoms with E-state index in [1.54, 1.807) is 7.05 Å². The largest absolute Gasteiger partial charge is 0.355 e. The number of nitrogens with one attached hydrogen (secondary N) is 1. The number of likely N-dealkylation sites (N-methyl/N-ethyl adjacent to an activating group) is 1. The lowest BCUT2D eigenvalue weighted by atomic mass is 10.1. The van der Waals surface area contributed by atoms with Crippen molar-refractivity contribution in [2.75, 3.05) is 20.1 Å². The summed E-state index contributed by atoms with van der Waals surface area (Å²) < 4.78 is 0. The van der Waals surface area contributed by atoms with Crippen molar-refractivity contribution in [1.82, 2.24) is 10.2 Å². The normalized spacial score (nSPS) is 12.0. The highest BCUT2D eigenvalue weighted by Gasteiger charge is 2.19. The lowest BCUT2D eigenvalue weighted by Gasteiger charge is -2.20. The number of carbonyl (C=O) groups excluding carboxylic acids is 2. The molecule has 0 rings (SSSR count). The van der Waals surface area contributed by atoms with Gasteiger partial charge in [-0.15, -0.1) is 0 Å². The third-order valence-electron chi connectivity index (χ3n) is 2.52. The van der Waals surface area contributed by atoms with Gasteiger partial charge in [-0.05, 0) is 12.8 Å². The van der Waals surface area contributed by atoms with E-state index >= 15 is 0 Å². The van der Waals surface area contributed by atoms with Crippen LogP contribution in [0, 0.1) is 0 Å². The van der Waals surface area contributed by atoms with E-state index in [4.69, 9.17) is 5.73 Å². The molecule has 0 bridgehead atoms. The maximum Gasteiger partial charge on any atom is 0.239 e. The molecule has 17 heavy (non-hydrogen) atoms. The first-order chi connectivity index (χ1) is 8.02. The van der Waals surface area contributed by atoms with E-state index in [2.05, 4.69) is 12.2 Å². The summed E-state index contributed by atoms with van der Waals surface area (Å²) in [7, 11) is 1.61. The van der Waals surface area contributed by atoms with Gasteiger partial charge in [0, 0.05) is 13.6 Å². The fourth-order valence-electron chi connectivity index (χ4n) is 1.44. The van der Waals surface area contributed by atoms with E-state index in [1.807, 2.05) is 6.92 Å². The van der Waals surface area contributed by atoms with Crippen molar-refractivity contribution in [1.29, 1.82) is 0 Å². The van der Waals surface area contributed by atoms with E-state index in [0.29, 0.717) is 13.0 Å². The van der Waals surface area contributed by atoms with Crippen LogP contribution >= 0.6 is 0 Å². The summed E-state index contributed by atoms with van der Waals surface area (Å²) in [5.41, 5.74) is 5.76. The molecule has 0 fully saturated rings. The summed E-state index contributed by atoms with van der Waals surface area (Å²) in [5, 5.41) is 2.73. The molecule has 0 saturated heterocycles. The number of unbranched alkanes of at least 4 members (excludes halogenated alkanes) is 1. The fraction of sp³-hybridized carbons (Fsp3) is 0.833. The summed E-state index contributed by atoms with van der Waals surface area (Å²) in [5.74, 6) is -0.296. The molecule has 0 aromatic heterocycles. The molecule has 0 heterocycles. The maximum atomic E-state index is 11.8. The summed E-state index contributed by atoms with van der Waals surface area (Å²) in [6.07, 6.45) is 3.51. The number of hydrogen-bond donors (Lipinski definition) is 2. The molecule has 0 spiro atoms. The smallest absolute Gasteiger partial charge is 0.239 e. The standard InChI is InChI=1S/C12H25N3O2/c1-4-6-7-10(13)12(17)15(3)9-11(16)14-8-5-2/h10H,4-9,13H2,1-3H3,(H,14,16)/t10-/m0/s1. The first-order valence-electron chi connectivity index (χ1n) is 6.30. The molecular formula is C12H25N3O2. The molecule has 5 nitrogen and oxygen atoms in total. The summed E-state index contributed by atoms with van der Waals surface area (Å²) in [6, 6.07) is -0.487. The van der Waals surface area contributed by atoms with E-state index < -0.39 is 6.04 Å². The Labute approximate surface area is 104 Å². The first kappa shape index (κ1) is 15.9. The predicted octanol–water partition coefficient (Wildman–Crippen LogP) is 0.489. The Morgan fingerprint density at radius 2 is 1.94 bits per heavy atom. The van der Waals surface area contributed by atoms with Crippen molar-refractivity contribution in [3.63, 3.8) is 0 Å². The van der Waals surface area contributed by atoms with Gasteiger partial charge in [-0.3, -0.25) is 9.59 Å². The van der Waals surface area contributed by atoms with Crippen molar-refractivity contribution >= 4 is 11.8 Å². The summed E-state index contributed by atoms with van der Waals surface area (Å²) >= 11 is 0. The molecule has 0 aliphatic heterocycles. The van der Waals surface area contributed by atoms with Gasteiger partial charge in [0.2, 0.25) is 11.8 Å². The highest BCUT2D eigenvalue weighted by atomic mass is 16.2. The Kier molecular flexibility index (Phi) is 8.40. The maximum absolute atomic E-state index is 11.8. The van der Waals surface area contributed by atoms with Gasteiger partial charge in [0.15, 0.2) is 0 Å². The molecule has 0 unspecified atom stereocenters. The average molecular weight is 243 g/mol. The molecule has 100 valence electrons. The van der Waals surface area contributed by atoms with Crippen molar-refractivity contribution in [3.05, 3.63) is 0 Å². The molecule has 0 aromatic rings. The number of rotatable bonds is 8. The average Bonchev–Trinajstić information content (AvgIpc) is 2.32. The third-order valence-corrected chi connectivity index (χ3v) is 2.52. The highest BCUT2D eigenvalue weighted by molar-refractivity contribution is 5.87. The van der Waals surface area contributed by atoms with Crippen LogP contribution in [0.5, 0.6) is 0 Å². The second-order valence-electron chi connectivity index (χ2n) is 4.29. The van der Waals surface area contributed by atoms with E-state index in [1.165, 1.54) is 4.90 Å². The molecule has 0 aliphatic rings. The molecule has 2 amide bonds. The van der Waals surface area contributed by atoms with E-state index in [0.717, 1.165) is 19.3 Å². The molecule has 0 aromatic carbocycles. The van der Waals surface area contributed by atoms with Crippen LogP contribution in [0.4, 0.5) is 0 Å². The molecule has 1 atom stereocenters. The van der Waals surface area contributed by atoms with Crippen LogP contribution in [0.25, 0.3) is 0 Å². The Hall–Kier alpha value is -1.10. The monoisotopic (exact) mass is 243 g/mol. The fourth-order valence-corrected chi connectivity index (χ4v) is 1.44. The Morgan fingerprint density at radius 1 is 1.29 bits per heavy atom. The zero-order valence-electron chi connectivity index (χ0n) is 11.2. The van der Waals surface area contributed by atoms with Crippen molar-refractivity contribution in [2.24, 2.45) is 5.73 Å². The minimum atomic E-state index is -0.487. The molecule has 0 saturated carbocycles. The Balaban J connectivity index is 3.99. The summed E-state index contributed by atoms with van der Waals surface area (Å²) in [6.45, 7) is 4.76. The van der Waals surface area contributed by atoms with Gasteiger partial charge in [-0.2, -0.15) is 0 Å². The van der Waals surface area contributed by atoms with Crippen molar-refractivity contribution < 1.29 is 9.59 Å². The van der Waals surface area contributed by atoms with Gasteiger partial charge < -0.3 is 16.0 Å². The Morgan fingerprint density at radius 3 is 2.47 bits per heavy atom. The van der Waals surface area contributed by atoms with Crippen LogP contribution < -0.4 is 11.1 Å². The Bertz CT molecular complexity index is 244. The van der Waals surface area contributed by atoms with Crippen LogP contribution in [0.15, 0.2) is 0 Å². The minimum Gasteiger partial charge on any atom is -0.355 e. The number of amides is 2. The van der Waals surface area contributed by atoms with Gasteiger partial charge >= 0.3 is 0 Å². The number of nitrogens with two attached hydrogens (primary N) is 1. The molecular weight excluding hydrogens is 218 g/mol. The zero-order chi connectivity index (χ0) is 13.3. The van der Waals surface area contributed by atoms with E-state index in [9.17, 15) is 9.59 Å². The molecule has 0 aliphatic carbocycles. The van der Waals surface area contributed by atoms with Crippen LogP contribution in [0.1, 0.15) is 39.5 Å². The number of nitrogens with zero attached hydrogens (tertiary/aromatic N) is 1. The van der Waals surface area contributed by atoms with Gasteiger partial charge in [0.05, 0.1) is 12.6 Å². The lowest BCUT2D eigenvalue weighted by molar-refractivity contribution is -0.135. The predicted molar refractivity (Wildman–Crippen MR) is 68.4 cm³/mol. The van der Waals surface area contributed by atoms with Gasteiger partial charge in [0.25, 0.3) is 0 Å². The zero-order valence-corrected chi connectivity index (χ0v) is 11.2. The lowest BCUT2D eigenvalue weighted by Crippen LogP contribution is -2.46. The minimum absolute atomic E-state index is 0.0820.